The molecule has 1 aromatic rings. The van der Waals surface area contributed by atoms with Crippen molar-refractivity contribution in [3.05, 3.63) is 29.3 Å². The van der Waals surface area contributed by atoms with Crippen LogP contribution in [0.2, 0.25) is 0 Å². The number of halogens is 2. The molecule has 0 unspecified atom stereocenters. The third kappa shape index (κ3) is 2.15. The van der Waals surface area contributed by atoms with Gasteiger partial charge in [0.25, 0.3) is 5.91 Å². The maximum absolute atomic E-state index is 13.6. The average molecular weight is 255 g/mol. The van der Waals surface area contributed by atoms with Crippen LogP contribution in [0, 0.1) is 11.6 Å². The smallest absolute Gasteiger partial charge is 0.257 e. The third-order valence-electron chi connectivity index (χ3n) is 3.20. The Morgan fingerprint density at radius 3 is 2.50 bits per heavy atom. The van der Waals surface area contributed by atoms with E-state index in [1.54, 1.807) is 0 Å². The summed E-state index contributed by atoms with van der Waals surface area (Å²) in [6.07, 6.45) is 0. The first kappa shape index (κ1) is 12.8. The maximum Gasteiger partial charge on any atom is 0.257 e. The number of hydrogen-bond acceptors (Lipinski definition) is 3. The van der Waals surface area contributed by atoms with Crippen LogP contribution in [0.1, 0.15) is 10.4 Å². The Balaban J connectivity index is 2.14. The molecule has 2 N–H and O–H groups in total. The van der Waals surface area contributed by atoms with E-state index in [9.17, 15) is 13.6 Å². The minimum Gasteiger partial charge on any atom is -0.396 e. The van der Waals surface area contributed by atoms with E-state index in [-0.39, 0.29) is 17.3 Å². The molecule has 0 atom stereocenters. The highest BCUT2D eigenvalue weighted by molar-refractivity contribution is 5.95. The van der Waals surface area contributed by atoms with Gasteiger partial charge in [0, 0.05) is 25.2 Å². The Morgan fingerprint density at radius 2 is 1.94 bits per heavy atom. The van der Waals surface area contributed by atoms with Gasteiger partial charge in [-0.1, -0.05) is 0 Å². The van der Waals surface area contributed by atoms with Crippen molar-refractivity contribution in [1.29, 1.82) is 0 Å². The van der Waals surface area contributed by atoms with Gasteiger partial charge in [0.05, 0.1) is 11.3 Å². The Kier molecular flexibility index (Phi) is 3.21. The fraction of sp³-hybridized carbons (Fsp3) is 0.417. The summed E-state index contributed by atoms with van der Waals surface area (Å²) >= 11 is 0. The van der Waals surface area contributed by atoms with E-state index in [1.807, 2.05) is 19.0 Å². The number of likely N-dealkylation sites (tertiary alicyclic amines) is 1. The lowest BCUT2D eigenvalue weighted by Gasteiger charge is -2.42. The van der Waals surface area contributed by atoms with Gasteiger partial charge >= 0.3 is 0 Å². The minimum absolute atomic E-state index is 0.265. The van der Waals surface area contributed by atoms with E-state index in [0.29, 0.717) is 13.1 Å². The zero-order valence-corrected chi connectivity index (χ0v) is 10.3. The number of nitrogens with zero attached hydrogens (tertiary/aromatic N) is 2. The van der Waals surface area contributed by atoms with Gasteiger partial charge in [0.1, 0.15) is 11.6 Å². The van der Waals surface area contributed by atoms with Crippen molar-refractivity contribution in [3.8, 4) is 0 Å². The Morgan fingerprint density at radius 1 is 1.33 bits per heavy atom. The number of carbonyl (C=O) groups excluding carboxylic acids is 1. The van der Waals surface area contributed by atoms with E-state index in [0.717, 1.165) is 12.1 Å². The summed E-state index contributed by atoms with van der Waals surface area (Å²) in [7, 11) is 3.83. The number of benzene rings is 1. The lowest BCUT2D eigenvalue weighted by Crippen LogP contribution is -2.59. The molecule has 6 heteroatoms. The first-order valence-corrected chi connectivity index (χ1v) is 5.60. The number of rotatable bonds is 2. The first-order chi connectivity index (χ1) is 8.40. The molecule has 0 saturated carbocycles. The van der Waals surface area contributed by atoms with Crippen LogP contribution in [-0.2, 0) is 0 Å². The van der Waals surface area contributed by atoms with Gasteiger partial charge in [-0.05, 0) is 20.2 Å². The fourth-order valence-corrected chi connectivity index (χ4v) is 1.84. The predicted octanol–water partition coefficient (Wildman–Crippen LogP) is 0.933. The fourth-order valence-electron chi connectivity index (χ4n) is 1.84. The molecule has 98 valence electrons. The molecule has 0 radical (unpaired) electrons. The summed E-state index contributed by atoms with van der Waals surface area (Å²) in [4.78, 5) is 15.4. The van der Waals surface area contributed by atoms with Crippen molar-refractivity contribution in [2.24, 2.45) is 0 Å². The number of hydrogen-bond donors (Lipinski definition) is 1. The predicted molar refractivity (Wildman–Crippen MR) is 64.1 cm³/mol. The summed E-state index contributed by atoms with van der Waals surface area (Å²) in [6, 6.07) is 1.97. The van der Waals surface area contributed by atoms with Gasteiger partial charge in [-0.15, -0.1) is 0 Å². The second-order valence-electron chi connectivity index (χ2n) is 4.68. The lowest BCUT2D eigenvalue weighted by molar-refractivity contribution is 0.0394. The van der Waals surface area contributed by atoms with Crippen LogP contribution in [0.3, 0.4) is 0 Å². The van der Waals surface area contributed by atoms with E-state index in [2.05, 4.69) is 0 Å². The van der Waals surface area contributed by atoms with Crippen LogP contribution in [0.5, 0.6) is 0 Å². The highest BCUT2D eigenvalue weighted by Crippen LogP contribution is 2.21. The summed E-state index contributed by atoms with van der Waals surface area (Å²) in [6.45, 7) is 1.05. The van der Waals surface area contributed by atoms with Crippen LogP contribution >= 0.6 is 0 Å². The second-order valence-corrected chi connectivity index (χ2v) is 4.68. The van der Waals surface area contributed by atoms with Crippen LogP contribution < -0.4 is 5.73 Å². The topological polar surface area (TPSA) is 49.6 Å². The summed E-state index contributed by atoms with van der Waals surface area (Å²) in [5, 5.41) is 0. The Labute approximate surface area is 104 Å². The summed E-state index contributed by atoms with van der Waals surface area (Å²) in [5.74, 6) is -2.05. The molecular formula is C12H15F2N3O. The quantitative estimate of drug-likeness (QED) is 0.800. The molecule has 0 bridgehead atoms. The highest BCUT2D eigenvalue weighted by Gasteiger charge is 2.33. The van der Waals surface area contributed by atoms with Crippen molar-refractivity contribution in [3.63, 3.8) is 0 Å². The molecule has 0 aromatic heterocycles. The number of anilines is 1. The van der Waals surface area contributed by atoms with E-state index in [1.165, 1.54) is 4.90 Å². The third-order valence-corrected chi connectivity index (χ3v) is 3.20. The van der Waals surface area contributed by atoms with Gasteiger partial charge in [-0.2, -0.15) is 0 Å². The van der Waals surface area contributed by atoms with Crippen molar-refractivity contribution in [2.75, 3.05) is 32.9 Å². The molecule has 1 fully saturated rings. The lowest BCUT2D eigenvalue weighted by atomic mass is 10.0. The largest absolute Gasteiger partial charge is 0.396 e. The van der Waals surface area contributed by atoms with Gasteiger partial charge in [-0.3, -0.25) is 4.79 Å². The van der Waals surface area contributed by atoms with Crippen molar-refractivity contribution in [1.82, 2.24) is 9.80 Å². The van der Waals surface area contributed by atoms with E-state index < -0.39 is 17.5 Å². The average Bonchev–Trinajstić information content (AvgIpc) is 2.20. The Hall–Kier alpha value is -1.69. The van der Waals surface area contributed by atoms with Crippen LogP contribution in [0.25, 0.3) is 0 Å². The molecule has 0 aliphatic carbocycles. The second kappa shape index (κ2) is 4.53. The highest BCUT2D eigenvalue weighted by atomic mass is 19.1. The zero-order chi connectivity index (χ0) is 13.4. The van der Waals surface area contributed by atoms with Gasteiger partial charge in [-0.25, -0.2) is 8.78 Å². The number of likely N-dealkylation sites (N-methyl/N-ethyl adjacent to an activating group) is 1. The zero-order valence-electron chi connectivity index (χ0n) is 10.3. The van der Waals surface area contributed by atoms with Crippen molar-refractivity contribution in [2.45, 2.75) is 6.04 Å². The van der Waals surface area contributed by atoms with Gasteiger partial charge < -0.3 is 15.5 Å². The van der Waals surface area contributed by atoms with Crippen LogP contribution in [-0.4, -0.2) is 48.9 Å². The molecular weight excluding hydrogens is 240 g/mol. The number of nitrogens with two attached hydrogens (primary N) is 1. The minimum atomic E-state index is -0.785. The molecule has 1 aliphatic rings. The summed E-state index contributed by atoms with van der Waals surface area (Å²) < 4.78 is 26.8. The molecule has 1 aromatic carbocycles. The standard InChI is InChI=1S/C12H15F2N3O/c1-16(2)7-5-17(6-7)12(18)8-3-10(14)11(15)4-9(8)13/h3-4,7H,5-6,15H2,1-2H3. The molecule has 18 heavy (non-hydrogen) atoms. The number of carbonyl (C=O) groups is 1. The van der Waals surface area contributed by atoms with Gasteiger partial charge in [0.15, 0.2) is 0 Å². The molecule has 1 amide bonds. The van der Waals surface area contributed by atoms with Gasteiger partial charge in [0.2, 0.25) is 0 Å². The molecule has 1 saturated heterocycles. The normalized spacial score (nSPS) is 15.9. The molecule has 1 aliphatic heterocycles. The SMILES string of the molecule is CN(C)C1CN(C(=O)c2cc(F)c(N)cc2F)C1. The molecule has 4 nitrogen and oxygen atoms in total. The molecule has 2 rings (SSSR count). The first-order valence-electron chi connectivity index (χ1n) is 5.60. The van der Waals surface area contributed by atoms with Crippen LogP contribution in [0.15, 0.2) is 12.1 Å². The van der Waals surface area contributed by atoms with E-state index in [4.69, 9.17) is 5.73 Å². The van der Waals surface area contributed by atoms with Crippen molar-refractivity contribution < 1.29 is 13.6 Å². The van der Waals surface area contributed by atoms with E-state index >= 15 is 0 Å². The maximum atomic E-state index is 13.6. The number of nitrogen functional groups attached to an aromatic ring is 1. The summed E-state index contributed by atoms with van der Waals surface area (Å²) in [5.41, 5.74) is 4.67. The Bertz CT molecular complexity index is 484. The molecule has 0 spiro atoms. The monoisotopic (exact) mass is 255 g/mol. The van der Waals surface area contributed by atoms with Crippen molar-refractivity contribution >= 4 is 11.6 Å². The number of amides is 1. The molecule has 1 heterocycles. The van der Waals surface area contributed by atoms with Crippen LogP contribution in [0.4, 0.5) is 14.5 Å².